The number of nitro benzene ring substituents is 1. The van der Waals surface area contributed by atoms with Crippen LogP contribution in [-0.4, -0.2) is 54.6 Å². The van der Waals surface area contributed by atoms with Crippen LogP contribution in [0.2, 0.25) is 0 Å². The summed E-state index contributed by atoms with van der Waals surface area (Å²) in [6, 6.07) is 7.29. The Morgan fingerprint density at radius 2 is 1.74 bits per heavy atom. The Hall–Kier alpha value is -2.85. The molecule has 0 unspecified atom stereocenters. The lowest BCUT2D eigenvalue weighted by atomic mass is 10.1. The molecule has 0 saturated carbocycles. The van der Waals surface area contributed by atoms with E-state index in [1.807, 2.05) is 6.07 Å². The Kier molecular flexibility index (Phi) is 5.52. The van der Waals surface area contributed by atoms with Crippen molar-refractivity contribution in [2.45, 2.75) is 31.1 Å². The number of amides is 1. The molecule has 4 rings (SSSR count). The van der Waals surface area contributed by atoms with E-state index in [0.717, 1.165) is 37.0 Å². The number of halogens is 1. The normalized spacial score (nSPS) is 16.9. The zero-order chi connectivity index (χ0) is 22.3. The molecule has 0 atom stereocenters. The van der Waals surface area contributed by atoms with Crippen LogP contribution in [0.4, 0.5) is 10.1 Å². The van der Waals surface area contributed by atoms with Gasteiger partial charge in [-0.2, -0.15) is 4.31 Å². The van der Waals surface area contributed by atoms with Crippen LogP contribution in [-0.2, 0) is 22.9 Å². The standard InChI is InChI=1S/C21H22FN3O5S/c1-14-19(22)12-17(13-20(14)25(27)28)21(26)23-7-9-24(10-8-23)31(29,30)18-6-5-15-3-2-4-16(15)11-18/h5-6,11-13H,2-4,7-10H2,1H3. The van der Waals surface area contributed by atoms with Crippen LogP contribution in [0.1, 0.15) is 33.5 Å². The van der Waals surface area contributed by atoms with Crippen molar-refractivity contribution in [3.8, 4) is 0 Å². The van der Waals surface area contributed by atoms with Gasteiger partial charge < -0.3 is 4.90 Å². The van der Waals surface area contributed by atoms with Crippen molar-refractivity contribution in [2.24, 2.45) is 0 Å². The summed E-state index contributed by atoms with van der Waals surface area (Å²) in [5, 5.41) is 11.1. The lowest BCUT2D eigenvalue weighted by molar-refractivity contribution is -0.385. The van der Waals surface area contributed by atoms with E-state index >= 15 is 0 Å². The monoisotopic (exact) mass is 447 g/mol. The number of hydrogen-bond acceptors (Lipinski definition) is 5. The van der Waals surface area contributed by atoms with Gasteiger partial charge in [-0.3, -0.25) is 14.9 Å². The SMILES string of the molecule is Cc1c(F)cc(C(=O)N2CCN(S(=O)(=O)c3ccc4c(c3)CCC4)CC2)cc1[N+](=O)[O-]. The maximum absolute atomic E-state index is 14.1. The van der Waals surface area contributed by atoms with Crippen LogP contribution in [0.3, 0.4) is 0 Å². The van der Waals surface area contributed by atoms with E-state index < -0.39 is 32.4 Å². The Balaban J connectivity index is 1.48. The summed E-state index contributed by atoms with van der Waals surface area (Å²) in [4.78, 5) is 24.8. The zero-order valence-corrected chi connectivity index (χ0v) is 17.8. The summed E-state index contributed by atoms with van der Waals surface area (Å²) in [6.07, 6.45) is 2.87. The van der Waals surface area contributed by atoms with Crippen molar-refractivity contribution >= 4 is 21.6 Å². The minimum absolute atomic E-state index is 0.0988. The molecule has 1 aliphatic carbocycles. The van der Waals surface area contributed by atoms with E-state index in [4.69, 9.17) is 0 Å². The molecule has 2 aliphatic rings. The number of fused-ring (bicyclic) bond motifs is 1. The van der Waals surface area contributed by atoms with Gasteiger partial charge in [0, 0.05) is 37.8 Å². The lowest BCUT2D eigenvalue weighted by Crippen LogP contribution is -2.50. The lowest BCUT2D eigenvalue weighted by Gasteiger charge is -2.34. The zero-order valence-electron chi connectivity index (χ0n) is 17.0. The van der Waals surface area contributed by atoms with Crippen LogP contribution in [0, 0.1) is 22.9 Å². The van der Waals surface area contributed by atoms with Gasteiger partial charge in [0.15, 0.2) is 0 Å². The number of hydrogen-bond donors (Lipinski definition) is 0. The maximum Gasteiger partial charge on any atom is 0.276 e. The summed E-state index contributed by atoms with van der Waals surface area (Å²) in [5.41, 5.74) is 1.55. The van der Waals surface area contributed by atoms with Gasteiger partial charge in [-0.15, -0.1) is 0 Å². The number of aryl methyl sites for hydroxylation is 2. The quantitative estimate of drug-likeness (QED) is 0.530. The fourth-order valence-corrected chi connectivity index (χ4v) is 5.62. The van der Waals surface area contributed by atoms with Crippen molar-refractivity contribution in [3.63, 3.8) is 0 Å². The first-order valence-corrected chi connectivity index (χ1v) is 11.5. The van der Waals surface area contributed by atoms with E-state index in [9.17, 15) is 27.7 Å². The van der Waals surface area contributed by atoms with Crippen LogP contribution in [0.25, 0.3) is 0 Å². The molecule has 1 amide bonds. The van der Waals surface area contributed by atoms with Crippen molar-refractivity contribution in [1.29, 1.82) is 0 Å². The molecule has 8 nitrogen and oxygen atoms in total. The molecule has 0 aromatic heterocycles. The van der Waals surface area contributed by atoms with Crippen LogP contribution < -0.4 is 0 Å². The van der Waals surface area contributed by atoms with E-state index in [-0.39, 0.29) is 42.2 Å². The Bertz CT molecular complexity index is 1170. The third-order valence-corrected chi connectivity index (χ3v) is 7.89. The van der Waals surface area contributed by atoms with Crippen molar-refractivity contribution in [2.75, 3.05) is 26.2 Å². The van der Waals surface area contributed by atoms with E-state index in [1.54, 1.807) is 12.1 Å². The van der Waals surface area contributed by atoms with E-state index in [0.29, 0.717) is 0 Å². The summed E-state index contributed by atoms with van der Waals surface area (Å²) < 4.78 is 41.5. The van der Waals surface area contributed by atoms with Crippen molar-refractivity contribution in [1.82, 2.24) is 9.21 Å². The number of rotatable bonds is 4. The highest BCUT2D eigenvalue weighted by molar-refractivity contribution is 7.89. The summed E-state index contributed by atoms with van der Waals surface area (Å²) in [5.74, 6) is -1.38. The average Bonchev–Trinajstić information content (AvgIpc) is 3.23. The average molecular weight is 447 g/mol. The maximum atomic E-state index is 14.1. The van der Waals surface area contributed by atoms with Gasteiger partial charge in [-0.05, 0) is 55.5 Å². The number of benzene rings is 2. The van der Waals surface area contributed by atoms with Gasteiger partial charge in [-0.1, -0.05) is 6.07 Å². The summed E-state index contributed by atoms with van der Waals surface area (Å²) in [6.45, 7) is 1.71. The van der Waals surface area contributed by atoms with Gasteiger partial charge in [-0.25, -0.2) is 12.8 Å². The number of piperazine rings is 1. The molecular weight excluding hydrogens is 425 g/mol. The largest absolute Gasteiger partial charge is 0.336 e. The molecule has 10 heteroatoms. The van der Waals surface area contributed by atoms with Gasteiger partial charge in [0.1, 0.15) is 5.82 Å². The topological polar surface area (TPSA) is 101 Å². The van der Waals surface area contributed by atoms with E-state index in [1.165, 1.54) is 21.7 Å². The molecule has 164 valence electrons. The van der Waals surface area contributed by atoms with Gasteiger partial charge in [0.05, 0.1) is 15.4 Å². The Labute approximate surface area is 179 Å². The molecule has 0 N–H and O–H groups in total. The third-order valence-electron chi connectivity index (χ3n) is 5.99. The molecule has 2 aromatic rings. The Morgan fingerprint density at radius 1 is 1.06 bits per heavy atom. The molecule has 2 aromatic carbocycles. The molecule has 0 bridgehead atoms. The third kappa shape index (κ3) is 3.92. The number of nitro groups is 1. The van der Waals surface area contributed by atoms with Crippen LogP contribution in [0.5, 0.6) is 0 Å². The molecule has 0 radical (unpaired) electrons. The predicted molar refractivity (Wildman–Crippen MR) is 111 cm³/mol. The highest BCUT2D eigenvalue weighted by Gasteiger charge is 2.32. The second kappa shape index (κ2) is 8.01. The number of nitrogens with zero attached hydrogens (tertiary/aromatic N) is 3. The van der Waals surface area contributed by atoms with E-state index in [2.05, 4.69) is 0 Å². The van der Waals surface area contributed by atoms with Crippen LogP contribution in [0.15, 0.2) is 35.2 Å². The van der Waals surface area contributed by atoms with Gasteiger partial charge >= 0.3 is 0 Å². The predicted octanol–water partition coefficient (Wildman–Crippen LogP) is 2.68. The molecular formula is C21H22FN3O5S. The van der Waals surface area contributed by atoms with Crippen molar-refractivity contribution in [3.05, 3.63) is 68.5 Å². The number of carbonyl (C=O) groups excluding carboxylic acids is 1. The highest BCUT2D eigenvalue weighted by Crippen LogP contribution is 2.27. The first kappa shape index (κ1) is 21.4. The van der Waals surface area contributed by atoms with Crippen molar-refractivity contribution < 1.29 is 22.5 Å². The Morgan fingerprint density at radius 3 is 2.42 bits per heavy atom. The molecule has 1 heterocycles. The van der Waals surface area contributed by atoms with Crippen LogP contribution >= 0.6 is 0 Å². The minimum atomic E-state index is -3.68. The highest BCUT2D eigenvalue weighted by atomic mass is 32.2. The smallest absolute Gasteiger partial charge is 0.276 e. The molecule has 1 saturated heterocycles. The molecule has 31 heavy (non-hydrogen) atoms. The fourth-order valence-electron chi connectivity index (χ4n) is 4.15. The number of sulfonamides is 1. The number of carbonyl (C=O) groups is 1. The van der Waals surface area contributed by atoms with Gasteiger partial charge in [0.25, 0.3) is 11.6 Å². The second-order valence-corrected chi connectivity index (χ2v) is 9.78. The molecule has 1 aliphatic heterocycles. The molecule has 0 spiro atoms. The first-order valence-electron chi connectivity index (χ1n) is 10.0. The molecule has 1 fully saturated rings. The second-order valence-electron chi connectivity index (χ2n) is 7.84. The van der Waals surface area contributed by atoms with Gasteiger partial charge in [0.2, 0.25) is 10.0 Å². The summed E-state index contributed by atoms with van der Waals surface area (Å²) >= 11 is 0. The fraction of sp³-hybridized carbons (Fsp3) is 0.381. The summed E-state index contributed by atoms with van der Waals surface area (Å²) in [7, 11) is -3.68. The first-order chi connectivity index (χ1) is 14.7. The minimum Gasteiger partial charge on any atom is -0.336 e.